The second-order valence-corrected chi connectivity index (χ2v) is 3.86. The van der Waals surface area contributed by atoms with Crippen LogP contribution < -0.4 is 10.6 Å². The highest BCUT2D eigenvalue weighted by atomic mass is 16.2. The van der Waals surface area contributed by atoms with Gasteiger partial charge < -0.3 is 15.5 Å². The van der Waals surface area contributed by atoms with Gasteiger partial charge in [0.25, 0.3) is 0 Å². The zero-order chi connectivity index (χ0) is 10.6. The third kappa shape index (κ3) is 3.16. The monoisotopic (exact) mass is 200 g/mol. The molecule has 14 heavy (non-hydrogen) atoms. The zero-order valence-electron chi connectivity index (χ0n) is 9.21. The van der Waals surface area contributed by atoms with Gasteiger partial charge in [0.1, 0.15) is 0 Å². The summed E-state index contributed by atoms with van der Waals surface area (Å²) in [5.74, 6) is 0. The number of amides is 2. The van der Waals surface area contributed by atoms with Crippen molar-refractivity contribution in [3.8, 4) is 0 Å². The van der Waals surface area contributed by atoms with E-state index < -0.39 is 0 Å². The van der Waals surface area contributed by atoms with E-state index >= 15 is 0 Å². The number of rotatable bonds is 2. The molecule has 1 heterocycles. The third-order valence-electron chi connectivity index (χ3n) is 2.71. The van der Waals surface area contributed by atoms with E-state index in [2.05, 4.69) is 34.5 Å². The molecule has 2 N–H and O–H groups in total. The molecule has 2 amide bonds. The highest BCUT2D eigenvalue weighted by Crippen LogP contribution is 2.04. The minimum absolute atomic E-state index is 0.105. The fourth-order valence-electron chi connectivity index (χ4n) is 1.62. The quantitative estimate of drug-likeness (QED) is 0.611. The summed E-state index contributed by atoms with van der Waals surface area (Å²) in [7, 11) is 5.84. The van der Waals surface area contributed by atoms with E-state index in [1.807, 2.05) is 0 Å². The molecule has 5 heteroatoms. The Morgan fingerprint density at radius 1 is 1.43 bits per heavy atom. The van der Waals surface area contributed by atoms with E-state index in [1.54, 1.807) is 7.05 Å². The molecule has 0 bridgehead atoms. The Labute approximate surface area is 85.4 Å². The van der Waals surface area contributed by atoms with Crippen molar-refractivity contribution >= 4 is 6.03 Å². The van der Waals surface area contributed by atoms with Crippen molar-refractivity contribution < 1.29 is 4.79 Å². The number of hydrogen-bond acceptors (Lipinski definition) is 3. The molecule has 1 saturated heterocycles. The van der Waals surface area contributed by atoms with Crippen molar-refractivity contribution in [3.05, 3.63) is 0 Å². The minimum atomic E-state index is -0.105. The van der Waals surface area contributed by atoms with Crippen LogP contribution in [-0.2, 0) is 0 Å². The SMILES string of the molecule is CNC(=O)NCC1CN(C)CCN1C. The topological polar surface area (TPSA) is 47.6 Å². The fourth-order valence-corrected chi connectivity index (χ4v) is 1.62. The predicted molar refractivity (Wildman–Crippen MR) is 56.4 cm³/mol. The van der Waals surface area contributed by atoms with E-state index in [-0.39, 0.29) is 6.03 Å². The van der Waals surface area contributed by atoms with E-state index in [9.17, 15) is 4.79 Å². The van der Waals surface area contributed by atoms with Crippen molar-refractivity contribution in [1.82, 2.24) is 20.4 Å². The molecule has 0 aliphatic carbocycles. The van der Waals surface area contributed by atoms with Crippen molar-refractivity contribution in [3.63, 3.8) is 0 Å². The molecule has 1 rings (SSSR count). The Bertz CT molecular complexity index is 197. The first-order chi connectivity index (χ1) is 6.63. The largest absolute Gasteiger partial charge is 0.341 e. The Hall–Kier alpha value is -0.810. The summed E-state index contributed by atoms with van der Waals surface area (Å²) in [5, 5.41) is 5.38. The summed E-state index contributed by atoms with van der Waals surface area (Å²) >= 11 is 0. The number of carbonyl (C=O) groups is 1. The molecule has 1 aliphatic rings. The molecule has 5 nitrogen and oxygen atoms in total. The lowest BCUT2D eigenvalue weighted by atomic mass is 10.2. The molecule has 0 spiro atoms. The number of carbonyl (C=O) groups excluding carboxylic acids is 1. The lowest BCUT2D eigenvalue weighted by Gasteiger charge is -2.37. The molecule has 1 unspecified atom stereocenters. The van der Waals surface area contributed by atoms with E-state index in [0.29, 0.717) is 12.6 Å². The minimum Gasteiger partial charge on any atom is -0.341 e. The van der Waals surface area contributed by atoms with Crippen LogP contribution in [0, 0.1) is 0 Å². The molecule has 0 aromatic heterocycles. The lowest BCUT2D eigenvalue weighted by Crippen LogP contribution is -2.55. The summed E-state index contributed by atoms with van der Waals surface area (Å²) in [6.07, 6.45) is 0. The van der Waals surface area contributed by atoms with Gasteiger partial charge in [0, 0.05) is 39.3 Å². The highest BCUT2D eigenvalue weighted by molar-refractivity contribution is 5.73. The van der Waals surface area contributed by atoms with Gasteiger partial charge in [-0.2, -0.15) is 0 Å². The maximum Gasteiger partial charge on any atom is 0.314 e. The first-order valence-corrected chi connectivity index (χ1v) is 4.98. The highest BCUT2D eigenvalue weighted by Gasteiger charge is 2.21. The Balaban J connectivity index is 2.30. The van der Waals surface area contributed by atoms with Crippen molar-refractivity contribution in [2.75, 3.05) is 47.3 Å². The molecule has 1 fully saturated rings. The van der Waals surface area contributed by atoms with Crippen LogP contribution in [0.3, 0.4) is 0 Å². The maximum absolute atomic E-state index is 11.0. The third-order valence-corrected chi connectivity index (χ3v) is 2.71. The van der Waals surface area contributed by atoms with Gasteiger partial charge in [0.05, 0.1) is 0 Å². The predicted octanol–water partition coefficient (Wildman–Crippen LogP) is -0.839. The average molecular weight is 200 g/mol. The van der Waals surface area contributed by atoms with Crippen LogP contribution in [0.15, 0.2) is 0 Å². The molecular weight excluding hydrogens is 180 g/mol. The van der Waals surface area contributed by atoms with Crippen LogP contribution in [0.25, 0.3) is 0 Å². The number of nitrogens with one attached hydrogen (secondary N) is 2. The molecular formula is C9H20N4O. The van der Waals surface area contributed by atoms with Crippen LogP contribution in [-0.4, -0.2) is 69.2 Å². The van der Waals surface area contributed by atoms with Crippen molar-refractivity contribution in [2.45, 2.75) is 6.04 Å². The fraction of sp³-hybridized carbons (Fsp3) is 0.889. The van der Waals surface area contributed by atoms with E-state index in [1.165, 1.54) is 0 Å². The molecule has 0 aromatic carbocycles. The Kier molecular flexibility index (Phi) is 4.16. The van der Waals surface area contributed by atoms with Crippen molar-refractivity contribution in [1.29, 1.82) is 0 Å². The van der Waals surface area contributed by atoms with Crippen LogP contribution in [0.1, 0.15) is 0 Å². The zero-order valence-corrected chi connectivity index (χ0v) is 9.21. The van der Waals surface area contributed by atoms with Crippen molar-refractivity contribution in [2.24, 2.45) is 0 Å². The number of likely N-dealkylation sites (N-methyl/N-ethyl adjacent to an activating group) is 2. The Morgan fingerprint density at radius 2 is 2.14 bits per heavy atom. The molecule has 82 valence electrons. The molecule has 0 radical (unpaired) electrons. The maximum atomic E-state index is 11.0. The van der Waals surface area contributed by atoms with Gasteiger partial charge in [-0.3, -0.25) is 4.90 Å². The summed E-state index contributed by atoms with van der Waals surface area (Å²) in [6.45, 7) is 3.89. The number of urea groups is 1. The standard InChI is InChI=1S/C9H20N4O/c1-10-9(14)11-6-8-7-12(2)4-5-13(8)3/h8H,4-7H2,1-3H3,(H2,10,11,14). The molecule has 0 aromatic rings. The molecule has 1 aliphatic heterocycles. The second-order valence-electron chi connectivity index (χ2n) is 3.86. The van der Waals surface area contributed by atoms with Gasteiger partial charge in [0.2, 0.25) is 0 Å². The first kappa shape index (κ1) is 11.3. The number of nitrogens with zero attached hydrogens (tertiary/aromatic N) is 2. The smallest absolute Gasteiger partial charge is 0.314 e. The molecule has 1 atom stereocenters. The van der Waals surface area contributed by atoms with Crippen LogP contribution in [0.2, 0.25) is 0 Å². The van der Waals surface area contributed by atoms with Gasteiger partial charge in [0.15, 0.2) is 0 Å². The van der Waals surface area contributed by atoms with E-state index in [4.69, 9.17) is 0 Å². The average Bonchev–Trinajstić information content (AvgIpc) is 2.19. The number of piperazine rings is 1. The van der Waals surface area contributed by atoms with Crippen LogP contribution in [0.4, 0.5) is 4.79 Å². The van der Waals surface area contributed by atoms with Gasteiger partial charge in [-0.15, -0.1) is 0 Å². The normalized spacial score (nSPS) is 24.6. The van der Waals surface area contributed by atoms with Gasteiger partial charge in [-0.05, 0) is 14.1 Å². The second kappa shape index (κ2) is 5.17. The lowest BCUT2D eigenvalue weighted by molar-refractivity contribution is 0.114. The summed E-state index contributed by atoms with van der Waals surface area (Å²) in [4.78, 5) is 15.6. The van der Waals surface area contributed by atoms with Gasteiger partial charge >= 0.3 is 6.03 Å². The summed E-state index contributed by atoms with van der Waals surface area (Å²) in [6, 6.07) is 0.317. The van der Waals surface area contributed by atoms with Crippen LogP contribution >= 0.6 is 0 Å². The van der Waals surface area contributed by atoms with Crippen LogP contribution in [0.5, 0.6) is 0 Å². The summed E-state index contributed by atoms with van der Waals surface area (Å²) in [5.41, 5.74) is 0. The Morgan fingerprint density at radius 3 is 2.79 bits per heavy atom. The van der Waals surface area contributed by atoms with E-state index in [0.717, 1.165) is 19.6 Å². The summed E-state index contributed by atoms with van der Waals surface area (Å²) < 4.78 is 0. The van der Waals surface area contributed by atoms with Gasteiger partial charge in [-0.1, -0.05) is 0 Å². The molecule has 0 saturated carbocycles. The van der Waals surface area contributed by atoms with Gasteiger partial charge in [-0.25, -0.2) is 4.79 Å². The number of hydrogen-bond donors (Lipinski definition) is 2. The first-order valence-electron chi connectivity index (χ1n) is 4.98.